The normalized spacial score (nSPS) is 10.9. The van der Waals surface area contributed by atoms with Gasteiger partial charge in [-0.1, -0.05) is 30.3 Å². The Kier molecular flexibility index (Phi) is 6.00. The Hall–Kier alpha value is -0.900. The minimum Gasteiger partial charge on any atom is -0.383 e. The smallest absolute Gasteiger partial charge is 0.0589 e. The molecule has 0 aliphatic rings. The maximum Gasteiger partial charge on any atom is 0.0589 e. The molecular formula is C12H20N2O. The number of ether oxygens (including phenoxy) is 1. The first-order chi connectivity index (χ1) is 7.36. The summed E-state index contributed by atoms with van der Waals surface area (Å²) in [6, 6.07) is 10.4. The van der Waals surface area contributed by atoms with Gasteiger partial charge in [0.2, 0.25) is 0 Å². The van der Waals surface area contributed by atoms with Crippen LogP contribution in [0.3, 0.4) is 0 Å². The lowest BCUT2D eigenvalue weighted by Gasteiger charge is -2.21. The zero-order valence-electron chi connectivity index (χ0n) is 9.36. The zero-order chi connectivity index (χ0) is 10.9. The number of rotatable bonds is 7. The van der Waals surface area contributed by atoms with Gasteiger partial charge in [0.25, 0.3) is 0 Å². The van der Waals surface area contributed by atoms with Crippen molar-refractivity contribution in [3.8, 4) is 0 Å². The predicted molar refractivity (Wildman–Crippen MR) is 62.6 cm³/mol. The summed E-state index contributed by atoms with van der Waals surface area (Å²) in [4.78, 5) is 2.30. The highest BCUT2D eigenvalue weighted by molar-refractivity contribution is 5.14. The van der Waals surface area contributed by atoms with Crippen LogP contribution >= 0.6 is 0 Å². The Bertz CT molecular complexity index is 251. The Morgan fingerprint density at radius 3 is 2.53 bits per heavy atom. The van der Waals surface area contributed by atoms with E-state index in [9.17, 15) is 0 Å². The monoisotopic (exact) mass is 208 g/mol. The molecule has 0 saturated carbocycles. The molecule has 0 aliphatic carbocycles. The van der Waals surface area contributed by atoms with E-state index in [4.69, 9.17) is 10.5 Å². The fourth-order valence-electron chi connectivity index (χ4n) is 1.51. The van der Waals surface area contributed by atoms with Crippen molar-refractivity contribution in [1.29, 1.82) is 0 Å². The third kappa shape index (κ3) is 4.93. The summed E-state index contributed by atoms with van der Waals surface area (Å²) < 4.78 is 5.07. The summed E-state index contributed by atoms with van der Waals surface area (Å²) in [5, 5.41) is 0. The zero-order valence-corrected chi connectivity index (χ0v) is 9.36. The molecule has 0 radical (unpaired) electrons. The number of nitrogens with zero attached hydrogens (tertiary/aromatic N) is 1. The van der Waals surface area contributed by atoms with Gasteiger partial charge in [0.15, 0.2) is 0 Å². The number of benzene rings is 1. The van der Waals surface area contributed by atoms with Gasteiger partial charge < -0.3 is 10.5 Å². The van der Waals surface area contributed by atoms with Gasteiger partial charge in [-0.2, -0.15) is 0 Å². The van der Waals surface area contributed by atoms with Gasteiger partial charge in [0, 0.05) is 33.3 Å². The minimum absolute atomic E-state index is 0.691. The van der Waals surface area contributed by atoms with E-state index < -0.39 is 0 Å². The molecule has 2 N–H and O–H groups in total. The Labute approximate surface area is 91.8 Å². The van der Waals surface area contributed by atoms with Crippen molar-refractivity contribution in [2.24, 2.45) is 5.73 Å². The van der Waals surface area contributed by atoms with Crippen LogP contribution in [-0.2, 0) is 11.3 Å². The van der Waals surface area contributed by atoms with Gasteiger partial charge in [0.05, 0.1) is 6.61 Å². The van der Waals surface area contributed by atoms with E-state index in [1.165, 1.54) is 5.56 Å². The third-order valence-electron chi connectivity index (χ3n) is 2.31. The third-order valence-corrected chi connectivity index (χ3v) is 2.31. The lowest BCUT2D eigenvalue weighted by molar-refractivity contribution is 0.146. The second-order valence-corrected chi connectivity index (χ2v) is 3.54. The summed E-state index contributed by atoms with van der Waals surface area (Å²) in [6.45, 7) is 4.24. The quantitative estimate of drug-likeness (QED) is 0.729. The van der Waals surface area contributed by atoms with Crippen LogP contribution in [-0.4, -0.2) is 38.3 Å². The molecule has 15 heavy (non-hydrogen) atoms. The molecule has 1 rings (SSSR count). The van der Waals surface area contributed by atoms with Crippen LogP contribution in [0.2, 0.25) is 0 Å². The van der Waals surface area contributed by atoms with Crippen LogP contribution in [0.1, 0.15) is 5.56 Å². The number of nitrogens with two attached hydrogens (primary N) is 1. The molecule has 0 aliphatic heterocycles. The molecule has 0 spiro atoms. The van der Waals surface area contributed by atoms with Gasteiger partial charge in [-0.05, 0) is 5.56 Å². The predicted octanol–water partition coefficient (Wildman–Crippen LogP) is 1.09. The molecule has 84 valence electrons. The molecule has 0 amide bonds. The van der Waals surface area contributed by atoms with Crippen molar-refractivity contribution in [1.82, 2.24) is 4.90 Å². The first-order valence-electron chi connectivity index (χ1n) is 5.32. The van der Waals surface area contributed by atoms with Crippen molar-refractivity contribution in [3.05, 3.63) is 35.9 Å². The fourth-order valence-corrected chi connectivity index (χ4v) is 1.51. The second kappa shape index (κ2) is 7.40. The summed E-state index contributed by atoms with van der Waals surface area (Å²) >= 11 is 0. The van der Waals surface area contributed by atoms with E-state index in [0.29, 0.717) is 6.54 Å². The summed E-state index contributed by atoms with van der Waals surface area (Å²) in [5.41, 5.74) is 6.89. The standard InChI is InChI=1S/C12H20N2O/c1-15-10-9-14(8-7-13)11-12-5-3-2-4-6-12/h2-6H,7-11,13H2,1H3. The SMILES string of the molecule is COCCN(CCN)Cc1ccccc1. The first kappa shape index (κ1) is 12.2. The molecule has 0 heterocycles. The van der Waals surface area contributed by atoms with Gasteiger partial charge in [-0.3, -0.25) is 4.90 Å². The van der Waals surface area contributed by atoms with Crippen LogP contribution in [0.25, 0.3) is 0 Å². The lowest BCUT2D eigenvalue weighted by atomic mass is 10.2. The molecule has 1 aromatic carbocycles. The average molecular weight is 208 g/mol. The van der Waals surface area contributed by atoms with E-state index >= 15 is 0 Å². The van der Waals surface area contributed by atoms with E-state index in [1.807, 2.05) is 6.07 Å². The van der Waals surface area contributed by atoms with Crippen LogP contribution < -0.4 is 5.73 Å². The number of methoxy groups -OCH3 is 1. The molecule has 0 atom stereocenters. The van der Waals surface area contributed by atoms with E-state index in [2.05, 4.69) is 29.2 Å². The highest BCUT2D eigenvalue weighted by Gasteiger charge is 2.03. The summed E-state index contributed by atoms with van der Waals surface area (Å²) in [7, 11) is 1.73. The minimum atomic E-state index is 0.691. The van der Waals surface area contributed by atoms with Crippen LogP contribution in [0, 0.1) is 0 Å². The highest BCUT2D eigenvalue weighted by Crippen LogP contribution is 2.03. The molecule has 0 aromatic heterocycles. The largest absolute Gasteiger partial charge is 0.383 e. The Balaban J connectivity index is 2.43. The van der Waals surface area contributed by atoms with Crippen molar-refractivity contribution in [3.63, 3.8) is 0 Å². The van der Waals surface area contributed by atoms with Gasteiger partial charge in [-0.25, -0.2) is 0 Å². The molecular weight excluding hydrogens is 188 g/mol. The summed E-state index contributed by atoms with van der Waals surface area (Å²) in [5.74, 6) is 0. The molecule has 3 nitrogen and oxygen atoms in total. The molecule has 0 unspecified atom stereocenters. The van der Waals surface area contributed by atoms with E-state index in [-0.39, 0.29) is 0 Å². The molecule has 0 fully saturated rings. The van der Waals surface area contributed by atoms with E-state index in [0.717, 1.165) is 26.2 Å². The van der Waals surface area contributed by atoms with Crippen LogP contribution in [0.5, 0.6) is 0 Å². The highest BCUT2D eigenvalue weighted by atomic mass is 16.5. The lowest BCUT2D eigenvalue weighted by Crippen LogP contribution is -2.31. The van der Waals surface area contributed by atoms with Crippen molar-refractivity contribution in [2.75, 3.05) is 33.4 Å². The molecule has 0 bridgehead atoms. The maximum atomic E-state index is 5.57. The summed E-state index contributed by atoms with van der Waals surface area (Å²) in [6.07, 6.45) is 0. The molecule has 3 heteroatoms. The first-order valence-corrected chi connectivity index (χ1v) is 5.32. The second-order valence-electron chi connectivity index (χ2n) is 3.54. The molecule has 0 saturated heterocycles. The number of hydrogen-bond acceptors (Lipinski definition) is 3. The topological polar surface area (TPSA) is 38.5 Å². The molecule has 1 aromatic rings. The average Bonchev–Trinajstić information content (AvgIpc) is 2.28. The van der Waals surface area contributed by atoms with Crippen molar-refractivity contribution < 1.29 is 4.74 Å². The fraction of sp³-hybridized carbons (Fsp3) is 0.500. The Morgan fingerprint density at radius 1 is 1.20 bits per heavy atom. The van der Waals surface area contributed by atoms with Crippen LogP contribution in [0.15, 0.2) is 30.3 Å². The Morgan fingerprint density at radius 2 is 1.93 bits per heavy atom. The van der Waals surface area contributed by atoms with Gasteiger partial charge in [0.1, 0.15) is 0 Å². The van der Waals surface area contributed by atoms with Gasteiger partial charge >= 0.3 is 0 Å². The van der Waals surface area contributed by atoms with Gasteiger partial charge in [-0.15, -0.1) is 0 Å². The number of hydrogen-bond donors (Lipinski definition) is 1. The van der Waals surface area contributed by atoms with E-state index in [1.54, 1.807) is 7.11 Å². The van der Waals surface area contributed by atoms with Crippen molar-refractivity contribution in [2.45, 2.75) is 6.54 Å². The maximum absolute atomic E-state index is 5.57. The van der Waals surface area contributed by atoms with Crippen molar-refractivity contribution >= 4 is 0 Å². The van der Waals surface area contributed by atoms with Crippen LogP contribution in [0.4, 0.5) is 0 Å².